The van der Waals surface area contributed by atoms with Crippen LogP contribution in [0, 0.1) is 11.6 Å². The van der Waals surface area contributed by atoms with Crippen LogP contribution >= 0.6 is 11.6 Å². The third kappa shape index (κ3) is 2.85. The molecule has 2 aromatic carbocycles. The van der Waals surface area contributed by atoms with Crippen molar-refractivity contribution < 1.29 is 18.3 Å². The van der Waals surface area contributed by atoms with Crippen LogP contribution in [-0.4, -0.2) is 14.2 Å². The zero-order chi connectivity index (χ0) is 14.7. The highest BCUT2D eigenvalue weighted by Crippen LogP contribution is 2.37. The largest absolute Gasteiger partial charge is 0.497 e. The maximum Gasteiger partial charge on any atom is 0.159 e. The van der Waals surface area contributed by atoms with Crippen molar-refractivity contribution in [2.24, 2.45) is 0 Å². The first-order valence-corrected chi connectivity index (χ1v) is 6.31. The fourth-order valence-corrected chi connectivity index (χ4v) is 2.19. The zero-order valence-corrected chi connectivity index (χ0v) is 11.7. The van der Waals surface area contributed by atoms with Crippen LogP contribution in [0.3, 0.4) is 0 Å². The van der Waals surface area contributed by atoms with Gasteiger partial charge in [0.15, 0.2) is 11.6 Å². The summed E-state index contributed by atoms with van der Waals surface area (Å²) in [7, 11) is 3.05. The molecule has 2 nitrogen and oxygen atoms in total. The molecule has 0 radical (unpaired) electrons. The summed E-state index contributed by atoms with van der Waals surface area (Å²) in [5.41, 5.74) is 1.07. The molecule has 0 saturated carbocycles. The van der Waals surface area contributed by atoms with Crippen LogP contribution in [0.15, 0.2) is 36.4 Å². The molecule has 0 amide bonds. The molecule has 5 heteroatoms. The first kappa shape index (κ1) is 14.6. The molecule has 1 atom stereocenters. The maximum absolute atomic E-state index is 13.3. The van der Waals surface area contributed by atoms with Gasteiger partial charge in [-0.1, -0.05) is 6.07 Å². The van der Waals surface area contributed by atoms with E-state index in [2.05, 4.69) is 0 Å². The van der Waals surface area contributed by atoms with Crippen LogP contribution in [0.25, 0.3) is 0 Å². The number of alkyl halides is 1. The molecule has 0 aliphatic rings. The Labute approximate surface area is 120 Å². The summed E-state index contributed by atoms with van der Waals surface area (Å²) >= 11 is 6.34. The molecule has 0 spiro atoms. The van der Waals surface area contributed by atoms with Crippen molar-refractivity contribution in [3.05, 3.63) is 59.2 Å². The minimum absolute atomic E-state index is 0.442. The van der Waals surface area contributed by atoms with Crippen molar-refractivity contribution in [1.29, 1.82) is 0 Å². The molecular formula is C15H13ClF2O2. The quantitative estimate of drug-likeness (QED) is 0.783. The molecule has 2 aromatic rings. The Morgan fingerprint density at radius 2 is 1.70 bits per heavy atom. The van der Waals surface area contributed by atoms with Gasteiger partial charge in [-0.2, -0.15) is 0 Å². The normalized spacial score (nSPS) is 12.1. The lowest BCUT2D eigenvalue weighted by molar-refractivity contribution is 0.399. The Morgan fingerprint density at radius 1 is 0.950 bits per heavy atom. The first-order valence-electron chi connectivity index (χ1n) is 5.87. The predicted molar refractivity (Wildman–Crippen MR) is 73.6 cm³/mol. The lowest BCUT2D eigenvalue weighted by Gasteiger charge is -2.15. The average molecular weight is 299 g/mol. The van der Waals surface area contributed by atoms with Gasteiger partial charge in [0.1, 0.15) is 11.5 Å². The second-order valence-electron chi connectivity index (χ2n) is 4.14. The summed E-state index contributed by atoms with van der Waals surface area (Å²) in [4.78, 5) is 0. The van der Waals surface area contributed by atoms with Gasteiger partial charge in [0.05, 0.1) is 19.6 Å². The lowest BCUT2D eigenvalue weighted by atomic mass is 10.0. The van der Waals surface area contributed by atoms with Crippen molar-refractivity contribution >= 4 is 11.6 Å². The standard InChI is InChI=1S/C15H13ClF2O2/c1-19-10-4-6-14(20-2)11(8-10)15(16)9-3-5-12(17)13(18)7-9/h3-8,15H,1-2H3. The van der Waals surface area contributed by atoms with E-state index < -0.39 is 17.0 Å². The van der Waals surface area contributed by atoms with Crippen molar-refractivity contribution in [2.75, 3.05) is 14.2 Å². The Kier molecular flexibility index (Phi) is 4.45. The highest BCUT2D eigenvalue weighted by molar-refractivity contribution is 6.22. The Balaban J connectivity index is 2.45. The second-order valence-corrected chi connectivity index (χ2v) is 4.58. The molecule has 0 fully saturated rings. The summed E-state index contributed by atoms with van der Waals surface area (Å²) in [5.74, 6) is -0.685. The Hall–Kier alpha value is -1.81. The number of hydrogen-bond acceptors (Lipinski definition) is 2. The minimum Gasteiger partial charge on any atom is -0.497 e. The number of halogens is 3. The van der Waals surface area contributed by atoms with Gasteiger partial charge in [-0.3, -0.25) is 0 Å². The van der Waals surface area contributed by atoms with E-state index in [9.17, 15) is 8.78 Å². The maximum atomic E-state index is 13.3. The van der Waals surface area contributed by atoms with Crippen LogP contribution in [0.4, 0.5) is 8.78 Å². The monoisotopic (exact) mass is 298 g/mol. The van der Waals surface area contributed by atoms with Crippen LogP contribution < -0.4 is 9.47 Å². The summed E-state index contributed by atoms with van der Waals surface area (Å²) in [6.45, 7) is 0. The summed E-state index contributed by atoms with van der Waals surface area (Å²) in [6.07, 6.45) is 0. The molecule has 0 aliphatic carbocycles. The van der Waals surface area contributed by atoms with E-state index in [1.54, 1.807) is 18.2 Å². The highest BCUT2D eigenvalue weighted by atomic mass is 35.5. The smallest absolute Gasteiger partial charge is 0.159 e. The minimum atomic E-state index is -0.935. The molecule has 0 bridgehead atoms. The van der Waals surface area contributed by atoms with Gasteiger partial charge < -0.3 is 9.47 Å². The molecular weight excluding hydrogens is 286 g/mol. The third-order valence-electron chi connectivity index (χ3n) is 2.95. The summed E-state index contributed by atoms with van der Waals surface area (Å²) in [6, 6.07) is 8.71. The number of benzene rings is 2. The van der Waals surface area contributed by atoms with Crippen molar-refractivity contribution in [2.45, 2.75) is 5.38 Å². The van der Waals surface area contributed by atoms with Gasteiger partial charge in [-0.25, -0.2) is 8.78 Å². The fraction of sp³-hybridized carbons (Fsp3) is 0.200. The SMILES string of the molecule is COc1ccc(OC)c(C(Cl)c2ccc(F)c(F)c2)c1. The molecule has 106 valence electrons. The topological polar surface area (TPSA) is 18.5 Å². The van der Waals surface area contributed by atoms with E-state index >= 15 is 0 Å². The van der Waals surface area contributed by atoms with E-state index in [4.69, 9.17) is 21.1 Å². The zero-order valence-electron chi connectivity index (χ0n) is 11.0. The van der Waals surface area contributed by atoms with E-state index in [1.165, 1.54) is 20.3 Å². The predicted octanol–water partition coefficient (Wildman–Crippen LogP) is 4.31. The van der Waals surface area contributed by atoms with Crippen LogP contribution in [0.1, 0.15) is 16.5 Å². The second kappa shape index (κ2) is 6.09. The van der Waals surface area contributed by atoms with Crippen LogP contribution in [0.2, 0.25) is 0 Å². The fourth-order valence-electron chi connectivity index (χ4n) is 1.89. The average Bonchev–Trinajstić information content (AvgIpc) is 2.48. The molecule has 2 rings (SSSR count). The van der Waals surface area contributed by atoms with Gasteiger partial charge in [-0.05, 0) is 35.9 Å². The summed E-state index contributed by atoms with van der Waals surface area (Å²) < 4.78 is 36.6. The van der Waals surface area contributed by atoms with E-state index in [0.717, 1.165) is 12.1 Å². The van der Waals surface area contributed by atoms with Gasteiger partial charge in [-0.15, -0.1) is 11.6 Å². The van der Waals surface area contributed by atoms with Crippen molar-refractivity contribution in [3.8, 4) is 11.5 Å². The van der Waals surface area contributed by atoms with Crippen molar-refractivity contribution in [3.63, 3.8) is 0 Å². The number of rotatable bonds is 4. The van der Waals surface area contributed by atoms with Gasteiger partial charge in [0.2, 0.25) is 0 Å². The van der Waals surface area contributed by atoms with E-state index in [0.29, 0.717) is 22.6 Å². The highest BCUT2D eigenvalue weighted by Gasteiger charge is 2.18. The molecule has 0 N–H and O–H groups in total. The lowest BCUT2D eigenvalue weighted by Crippen LogP contribution is -1.99. The van der Waals surface area contributed by atoms with Gasteiger partial charge in [0.25, 0.3) is 0 Å². The number of ether oxygens (including phenoxy) is 2. The Morgan fingerprint density at radius 3 is 2.30 bits per heavy atom. The Bertz CT molecular complexity index is 617. The first-order chi connectivity index (χ1) is 9.56. The summed E-state index contributed by atoms with van der Waals surface area (Å²) in [5, 5.41) is -0.671. The van der Waals surface area contributed by atoms with E-state index in [-0.39, 0.29) is 0 Å². The number of hydrogen-bond donors (Lipinski definition) is 0. The molecule has 0 aromatic heterocycles. The van der Waals surface area contributed by atoms with Crippen molar-refractivity contribution in [1.82, 2.24) is 0 Å². The third-order valence-corrected chi connectivity index (χ3v) is 3.43. The van der Waals surface area contributed by atoms with Crippen LogP contribution in [-0.2, 0) is 0 Å². The molecule has 20 heavy (non-hydrogen) atoms. The molecule has 0 saturated heterocycles. The number of methoxy groups -OCH3 is 2. The van der Waals surface area contributed by atoms with Gasteiger partial charge >= 0.3 is 0 Å². The molecule has 1 unspecified atom stereocenters. The van der Waals surface area contributed by atoms with E-state index in [1.807, 2.05) is 0 Å². The molecule has 0 aliphatic heterocycles. The molecule has 0 heterocycles. The van der Waals surface area contributed by atoms with Crippen LogP contribution in [0.5, 0.6) is 11.5 Å². The van der Waals surface area contributed by atoms with Gasteiger partial charge in [0, 0.05) is 5.56 Å².